The minimum Gasteiger partial charge on any atom is -0.500 e. The van der Waals surface area contributed by atoms with Crippen LogP contribution in [0.1, 0.15) is 52.0 Å². The Morgan fingerprint density at radius 1 is 1.14 bits per heavy atom. The van der Waals surface area contributed by atoms with Gasteiger partial charge in [-0.3, -0.25) is 4.79 Å². The van der Waals surface area contributed by atoms with E-state index in [0.29, 0.717) is 34.5 Å². The zero-order chi connectivity index (χ0) is 25.1. The summed E-state index contributed by atoms with van der Waals surface area (Å²) in [5.74, 6) is 2.26. The molecule has 1 aromatic heterocycles. The van der Waals surface area contributed by atoms with Gasteiger partial charge in [-0.2, -0.15) is 0 Å². The second-order valence-corrected chi connectivity index (χ2v) is 9.62. The Labute approximate surface area is 207 Å². The third-order valence-corrected chi connectivity index (χ3v) is 7.05. The molecule has 3 aliphatic rings. The van der Waals surface area contributed by atoms with E-state index >= 15 is 0 Å². The van der Waals surface area contributed by atoms with Gasteiger partial charge in [0.15, 0.2) is 11.5 Å². The van der Waals surface area contributed by atoms with Crippen molar-refractivity contribution in [3.8, 4) is 11.5 Å². The number of hydrogen-bond donors (Lipinski definition) is 1. The van der Waals surface area contributed by atoms with Crippen LogP contribution in [0.5, 0.6) is 11.5 Å². The summed E-state index contributed by atoms with van der Waals surface area (Å²) in [6.45, 7) is 10.1. The number of piperidine rings is 1. The second kappa shape index (κ2) is 10.8. The quantitative estimate of drug-likeness (QED) is 0.703. The van der Waals surface area contributed by atoms with Gasteiger partial charge in [0.2, 0.25) is 12.7 Å². The summed E-state index contributed by atoms with van der Waals surface area (Å²) in [5.41, 5.74) is 1.50. The molecule has 1 N–H and O–H groups in total. The van der Waals surface area contributed by atoms with Crippen LogP contribution in [0.15, 0.2) is 34.9 Å². The number of furan rings is 1. The van der Waals surface area contributed by atoms with Crippen molar-refractivity contribution in [2.24, 2.45) is 17.8 Å². The first-order valence-electron chi connectivity index (χ1n) is 12.6. The highest BCUT2D eigenvalue weighted by Crippen LogP contribution is 2.42. The highest BCUT2D eigenvalue weighted by molar-refractivity contribution is 5.78. The van der Waals surface area contributed by atoms with Gasteiger partial charge in [-0.05, 0) is 48.1 Å². The normalized spacial score (nSPS) is 25.7. The first-order chi connectivity index (χ1) is 16.9. The lowest BCUT2D eigenvalue weighted by molar-refractivity contribution is -0.134. The molecule has 0 saturated carbocycles. The predicted molar refractivity (Wildman–Crippen MR) is 133 cm³/mol. The Morgan fingerprint density at radius 3 is 2.57 bits per heavy atom. The minimum absolute atomic E-state index is 0.0942. The number of likely N-dealkylation sites (tertiary alicyclic amines) is 1. The number of benzene rings is 1. The molecular formula is C28H37NO6. The second-order valence-electron chi connectivity index (χ2n) is 9.62. The molecule has 3 unspecified atom stereocenters. The van der Waals surface area contributed by atoms with E-state index in [-0.39, 0.29) is 25.0 Å². The Hall–Kier alpha value is -2.93. The Balaban J connectivity index is 0.00000141. The van der Waals surface area contributed by atoms with E-state index in [1.807, 2.05) is 43.0 Å². The molecule has 5 rings (SSSR count). The van der Waals surface area contributed by atoms with Crippen LogP contribution in [-0.4, -0.2) is 49.0 Å². The van der Waals surface area contributed by atoms with Gasteiger partial charge in [0.25, 0.3) is 0 Å². The first kappa shape index (κ1) is 25.2. The van der Waals surface area contributed by atoms with Gasteiger partial charge >= 0.3 is 0 Å². The molecule has 1 aliphatic carbocycles. The van der Waals surface area contributed by atoms with Crippen molar-refractivity contribution in [2.75, 3.05) is 27.0 Å². The largest absolute Gasteiger partial charge is 0.500 e. The zero-order valence-corrected chi connectivity index (χ0v) is 21.3. The maximum atomic E-state index is 13.6. The Bertz CT molecular complexity index is 1140. The molecule has 0 bridgehead atoms. The van der Waals surface area contributed by atoms with E-state index < -0.39 is 12.0 Å². The fourth-order valence-electron chi connectivity index (χ4n) is 5.69. The van der Waals surface area contributed by atoms with Crippen LogP contribution in [0.3, 0.4) is 0 Å². The fourth-order valence-corrected chi connectivity index (χ4v) is 5.69. The predicted octanol–water partition coefficient (Wildman–Crippen LogP) is 3.24. The molecule has 2 aromatic rings. The molecule has 2 aliphatic heterocycles. The number of carbonyl (C=O) groups is 1. The van der Waals surface area contributed by atoms with Gasteiger partial charge in [-0.1, -0.05) is 33.8 Å². The van der Waals surface area contributed by atoms with E-state index in [1.54, 1.807) is 19.4 Å². The first-order valence-corrected chi connectivity index (χ1v) is 12.6. The maximum absolute atomic E-state index is 13.6. The number of carbonyl (C=O) groups excluding carboxylic acids is 1. The molecular weight excluding hydrogens is 446 g/mol. The molecule has 1 aromatic carbocycles. The topological polar surface area (TPSA) is 81.4 Å². The molecule has 7 nitrogen and oxygen atoms in total. The number of hydrogen-bond acceptors (Lipinski definition) is 6. The van der Waals surface area contributed by atoms with Gasteiger partial charge < -0.3 is 28.6 Å². The summed E-state index contributed by atoms with van der Waals surface area (Å²) in [4.78, 5) is 15.5. The molecule has 1 fully saturated rings. The van der Waals surface area contributed by atoms with E-state index in [1.165, 1.54) is 0 Å². The van der Waals surface area contributed by atoms with Crippen LogP contribution in [-0.2, 0) is 9.53 Å². The summed E-state index contributed by atoms with van der Waals surface area (Å²) in [5, 5.41) is 12.0. The van der Waals surface area contributed by atoms with Crippen molar-refractivity contribution < 1.29 is 28.5 Å². The number of aliphatic hydroxyl groups is 1. The summed E-state index contributed by atoms with van der Waals surface area (Å²) >= 11 is 0. The summed E-state index contributed by atoms with van der Waals surface area (Å²) < 4.78 is 22.4. The number of rotatable bonds is 5. The van der Waals surface area contributed by atoms with E-state index in [2.05, 4.69) is 13.8 Å². The van der Waals surface area contributed by atoms with Crippen molar-refractivity contribution in [3.63, 3.8) is 0 Å². The van der Waals surface area contributed by atoms with Gasteiger partial charge in [0.05, 0.1) is 30.6 Å². The average molecular weight is 484 g/mol. The van der Waals surface area contributed by atoms with Gasteiger partial charge in [0, 0.05) is 25.4 Å². The number of fused-ring (bicyclic) bond motifs is 2. The van der Waals surface area contributed by atoms with E-state index in [9.17, 15) is 9.90 Å². The molecule has 190 valence electrons. The zero-order valence-electron chi connectivity index (χ0n) is 21.3. The number of nitrogens with zero attached hydrogens (tertiary/aromatic N) is 1. The smallest absolute Gasteiger partial charge is 0.231 e. The highest BCUT2D eigenvalue weighted by Gasteiger charge is 2.39. The number of ether oxygens (including phenoxy) is 3. The summed E-state index contributed by atoms with van der Waals surface area (Å²) in [6, 6.07) is 7.59. The van der Waals surface area contributed by atoms with Crippen LogP contribution in [0.4, 0.5) is 0 Å². The van der Waals surface area contributed by atoms with Crippen molar-refractivity contribution >= 4 is 17.7 Å². The maximum Gasteiger partial charge on any atom is 0.231 e. The van der Waals surface area contributed by atoms with Gasteiger partial charge in [-0.15, -0.1) is 0 Å². The molecule has 1 amide bonds. The van der Waals surface area contributed by atoms with Crippen LogP contribution >= 0.6 is 0 Å². The third-order valence-electron chi connectivity index (χ3n) is 7.05. The number of amides is 1. The molecule has 5 atom stereocenters. The lowest BCUT2D eigenvalue weighted by Crippen LogP contribution is -2.45. The van der Waals surface area contributed by atoms with Crippen LogP contribution < -0.4 is 20.1 Å². The minimum atomic E-state index is -0.860. The van der Waals surface area contributed by atoms with Crippen LogP contribution in [0.25, 0.3) is 11.8 Å². The monoisotopic (exact) mass is 483 g/mol. The van der Waals surface area contributed by atoms with E-state index in [0.717, 1.165) is 30.3 Å². The molecule has 0 radical (unpaired) electrons. The molecule has 1 saturated heterocycles. The molecule has 7 heteroatoms. The van der Waals surface area contributed by atoms with Crippen LogP contribution in [0.2, 0.25) is 0 Å². The van der Waals surface area contributed by atoms with Crippen molar-refractivity contribution in [1.29, 1.82) is 0 Å². The third kappa shape index (κ3) is 5.06. The molecule has 3 heterocycles. The standard InChI is InChI=1S/C26H31NO6.C2H6/c1-15-8-16(2)13-27(12-15)24(29)10-19(17-4-5-21-23(9-17)33-14-32-21)25-20(28)11-22-18(6-7-31-22)26(25)30-3;1-2/h4-7,9,11,15-16,19-20,25,28H,8,10,12-14H2,1-3H3;1-2H3/t15-,16?,19?,20?,25-;/m1./s1. The lowest BCUT2D eigenvalue weighted by atomic mass is 9.76. The van der Waals surface area contributed by atoms with Gasteiger partial charge in [0.1, 0.15) is 11.2 Å². The lowest BCUT2D eigenvalue weighted by Gasteiger charge is -2.37. The van der Waals surface area contributed by atoms with E-state index in [4.69, 9.17) is 18.6 Å². The number of methoxy groups -OCH3 is 1. The van der Waals surface area contributed by atoms with Crippen molar-refractivity contribution in [3.05, 3.63) is 46.7 Å². The van der Waals surface area contributed by atoms with Crippen molar-refractivity contribution in [1.82, 2.24) is 4.90 Å². The highest BCUT2D eigenvalue weighted by atomic mass is 16.7. The summed E-state index contributed by atoms with van der Waals surface area (Å²) in [7, 11) is 1.60. The van der Waals surface area contributed by atoms with Crippen LogP contribution in [0, 0.1) is 17.8 Å². The summed E-state index contributed by atoms with van der Waals surface area (Å²) in [6.07, 6.45) is 3.83. The number of aliphatic hydroxyl groups excluding tert-OH is 1. The fraction of sp³-hybridized carbons (Fsp3) is 0.536. The SMILES string of the molecule is CC.COC1=c2ccoc2=CC(O)[C@H]1C(CC(=O)N1CC(C)C[C@@H](C)C1)c1ccc2c(c1)OCO2. The molecule has 35 heavy (non-hydrogen) atoms. The Morgan fingerprint density at radius 2 is 1.86 bits per heavy atom. The van der Waals surface area contributed by atoms with Gasteiger partial charge in [-0.25, -0.2) is 0 Å². The van der Waals surface area contributed by atoms with Crippen molar-refractivity contribution in [2.45, 2.75) is 52.6 Å². The average Bonchev–Trinajstić information content (AvgIpc) is 3.51. The molecule has 0 spiro atoms. The Kier molecular flexibility index (Phi) is 7.75.